The minimum atomic E-state index is 0.119. The molecule has 106 valence electrons. The van der Waals surface area contributed by atoms with Gasteiger partial charge < -0.3 is 10.4 Å². The first-order chi connectivity index (χ1) is 9.69. The summed E-state index contributed by atoms with van der Waals surface area (Å²) in [6, 6.07) is 11.3. The highest BCUT2D eigenvalue weighted by Crippen LogP contribution is 2.20. The van der Waals surface area contributed by atoms with Crippen LogP contribution in [0.3, 0.4) is 0 Å². The number of hydrogen-bond acceptors (Lipinski definition) is 3. The first kappa shape index (κ1) is 14.8. The van der Waals surface area contributed by atoms with E-state index in [2.05, 4.69) is 17.2 Å². The molecule has 0 aliphatic rings. The molecule has 1 aromatic heterocycles. The fraction of sp³-hybridized carbons (Fsp3) is 0.312. The van der Waals surface area contributed by atoms with Gasteiger partial charge in [-0.05, 0) is 49.2 Å². The van der Waals surface area contributed by atoms with Gasteiger partial charge in [0.1, 0.15) is 5.75 Å². The van der Waals surface area contributed by atoms with E-state index in [0.29, 0.717) is 10.8 Å². The van der Waals surface area contributed by atoms with E-state index >= 15 is 0 Å². The fourth-order valence-electron chi connectivity index (χ4n) is 2.11. The molecule has 1 unspecified atom stereocenters. The molecule has 1 aromatic carbocycles. The predicted octanol–water partition coefficient (Wildman–Crippen LogP) is 3.72. The lowest BCUT2D eigenvalue weighted by Gasteiger charge is -2.18. The maximum atomic E-state index is 9.56. The molecule has 0 radical (unpaired) electrons. The number of benzene rings is 1. The van der Waals surface area contributed by atoms with Crippen LogP contribution in [0.2, 0.25) is 5.02 Å². The highest BCUT2D eigenvalue weighted by molar-refractivity contribution is 6.30. The summed E-state index contributed by atoms with van der Waals surface area (Å²) in [5, 5.41) is 13.7. The first-order valence-corrected chi connectivity index (χ1v) is 7.19. The molecule has 0 spiro atoms. The summed E-state index contributed by atoms with van der Waals surface area (Å²) in [5.74, 6) is 0.292. The van der Waals surface area contributed by atoms with Crippen LogP contribution in [0, 0.1) is 0 Å². The Kier molecular flexibility index (Phi) is 5.39. The third-order valence-electron chi connectivity index (χ3n) is 3.10. The first-order valence-electron chi connectivity index (χ1n) is 6.81. The van der Waals surface area contributed by atoms with Crippen LogP contribution in [0.15, 0.2) is 42.6 Å². The minimum absolute atomic E-state index is 0.119. The van der Waals surface area contributed by atoms with Gasteiger partial charge in [0, 0.05) is 6.20 Å². The topological polar surface area (TPSA) is 45.1 Å². The Morgan fingerprint density at radius 2 is 2.15 bits per heavy atom. The van der Waals surface area contributed by atoms with Crippen molar-refractivity contribution in [1.82, 2.24) is 10.3 Å². The van der Waals surface area contributed by atoms with Crippen molar-refractivity contribution in [3.8, 4) is 5.75 Å². The Labute approximate surface area is 124 Å². The van der Waals surface area contributed by atoms with Crippen LogP contribution in [0.5, 0.6) is 5.75 Å². The van der Waals surface area contributed by atoms with Crippen LogP contribution >= 0.6 is 11.6 Å². The lowest BCUT2D eigenvalue weighted by Crippen LogP contribution is -2.24. The normalized spacial score (nSPS) is 12.3. The van der Waals surface area contributed by atoms with Crippen molar-refractivity contribution in [1.29, 1.82) is 0 Å². The number of rotatable bonds is 6. The molecule has 3 nitrogen and oxygen atoms in total. The zero-order valence-electron chi connectivity index (χ0n) is 11.5. The van der Waals surface area contributed by atoms with Crippen LogP contribution in [0.25, 0.3) is 0 Å². The van der Waals surface area contributed by atoms with Crippen molar-refractivity contribution in [2.24, 2.45) is 0 Å². The smallest absolute Gasteiger partial charge is 0.115 e. The molecule has 0 amide bonds. The summed E-state index contributed by atoms with van der Waals surface area (Å²) in [6.45, 7) is 3.06. The summed E-state index contributed by atoms with van der Waals surface area (Å²) in [7, 11) is 0. The molecule has 2 rings (SSSR count). The van der Waals surface area contributed by atoms with Gasteiger partial charge in [0.15, 0.2) is 0 Å². The van der Waals surface area contributed by atoms with Crippen molar-refractivity contribution in [3.05, 3.63) is 58.9 Å². The number of aromatic hydroxyl groups is 1. The molecular weight excluding hydrogens is 272 g/mol. The monoisotopic (exact) mass is 290 g/mol. The van der Waals surface area contributed by atoms with Crippen molar-refractivity contribution < 1.29 is 5.11 Å². The Morgan fingerprint density at radius 1 is 1.30 bits per heavy atom. The Bertz CT molecular complexity index is 542. The van der Waals surface area contributed by atoms with Crippen LogP contribution in [-0.2, 0) is 6.42 Å². The second-order valence-corrected chi connectivity index (χ2v) is 5.22. The zero-order chi connectivity index (χ0) is 14.4. The zero-order valence-corrected chi connectivity index (χ0v) is 12.3. The summed E-state index contributed by atoms with van der Waals surface area (Å²) in [4.78, 5) is 4.39. The van der Waals surface area contributed by atoms with E-state index in [9.17, 15) is 5.11 Å². The summed E-state index contributed by atoms with van der Waals surface area (Å²) in [6.07, 6.45) is 3.51. The average Bonchev–Trinajstić information content (AvgIpc) is 2.44. The van der Waals surface area contributed by atoms with Gasteiger partial charge >= 0.3 is 0 Å². The third kappa shape index (κ3) is 4.22. The van der Waals surface area contributed by atoms with Crippen molar-refractivity contribution >= 4 is 11.6 Å². The van der Waals surface area contributed by atoms with Crippen molar-refractivity contribution in [2.75, 3.05) is 6.54 Å². The van der Waals surface area contributed by atoms with Crippen LogP contribution < -0.4 is 5.32 Å². The number of halogens is 1. The predicted molar refractivity (Wildman–Crippen MR) is 82.1 cm³/mol. The van der Waals surface area contributed by atoms with Gasteiger partial charge in [-0.2, -0.15) is 0 Å². The van der Waals surface area contributed by atoms with Crippen LogP contribution in [-0.4, -0.2) is 16.6 Å². The largest absolute Gasteiger partial charge is 0.508 e. The molecule has 1 heterocycles. The number of pyridine rings is 1. The molecule has 0 saturated carbocycles. The number of nitrogens with one attached hydrogen (secondary N) is 1. The Morgan fingerprint density at radius 3 is 2.80 bits per heavy atom. The molecular formula is C16H19ClN2O. The standard InChI is InChI=1S/C16H19ClN2O/c1-2-8-18-16(15-7-6-13(17)11-19-15)10-12-4-3-5-14(20)9-12/h3-7,9,11,16,18,20H,2,8,10H2,1H3. The van der Waals surface area contributed by atoms with Gasteiger partial charge in [-0.25, -0.2) is 0 Å². The van der Waals surface area contributed by atoms with Gasteiger partial charge in [-0.15, -0.1) is 0 Å². The van der Waals surface area contributed by atoms with Gasteiger partial charge in [0.25, 0.3) is 0 Å². The number of aromatic nitrogens is 1. The molecule has 0 fully saturated rings. The molecule has 0 saturated heterocycles. The van der Waals surface area contributed by atoms with E-state index in [0.717, 1.165) is 30.6 Å². The molecule has 0 bridgehead atoms. The lowest BCUT2D eigenvalue weighted by molar-refractivity contribution is 0.472. The van der Waals surface area contributed by atoms with Crippen LogP contribution in [0.1, 0.15) is 30.6 Å². The van der Waals surface area contributed by atoms with Crippen molar-refractivity contribution in [3.63, 3.8) is 0 Å². The second kappa shape index (κ2) is 7.27. The second-order valence-electron chi connectivity index (χ2n) is 4.78. The van der Waals surface area contributed by atoms with Crippen LogP contribution in [0.4, 0.5) is 0 Å². The molecule has 4 heteroatoms. The maximum Gasteiger partial charge on any atom is 0.115 e. The van der Waals surface area contributed by atoms with E-state index in [-0.39, 0.29) is 6.04 Å². The summed E-state index contributed by atoms with van der Waals surface area (Å²) >= 11 is 5.89. The van der Waals surface area contributed by atoms with E-state index in [1.807, 2.05) is 24.3 Å². The lowest BCUT2D eigenvalue weighted by atomic mass is 10.0. The average molecular weight is 291 g/mol. The summed E-state index contributed by atoms with van der Waals surface area (Å²) < 4.78 is 0. The molecule has 2 aromatic rings. The maximum absolute atomic E-state index is 9.56. The number of hydrogen-bond donors (Lipinski definition) is 2. The van der Waals surface area contributed by atoms with E-state index < -0.39 is 0 Å². The number of phenolic OH excluding ortho intramolecular Hbond substituents is 1. The number of phenols is 1. The van der Waals surface area contributed by atoms with E-state index in [1.54, 1.807) is 18.3 Å². The third-order valence-corrected chi connectivity index (χ3v) is 3.32. The fourth-order valence-corrected chi connectivity index (χ4v) is 2.22. The van der Waals surface area contributed by atoms with Gasteiger partial charge in [-0.1, -0.05) is 30.7 Å². The number of nitrogens with zero attached hydrogens (tertiary/aromatic N) is 1. The quantitative estimate of drug-likeness (QED) is 0.852. The Balaban J connectivity index is 2.16. The minimum Gasteiger partial charge on any atom is -0.508 e. The molecule has 1 atom stereocenters. The highest BCUT2D eigenvalue weighted by Gasteiger charge is 2.13. The Hall–Kier alpha value is -1.58. The molecule has 0 aliphatic carbocycles. The highest BCUT2D eigenvalue weighted by atomic mass is 35.5. The van der Waals surface area contributed by atoms with E-state index in [1.165, 1.54) is 0 Å². The van der Waals surface area contributed by atoms with Crippen molar-refractivity contribution in [2.45, 2.75) is 25.8 Å². The van der Waals surface area contributed by atoms with E-state index in [4.69, 9.17) is 11.6 Å². The van der Waals surface area contributed by atoms with Gasteiger partial charge in [-0.3, -0.25) is 4.98 Å². The van der Waals surface area contributed by atoms with Gasteiger partial charge in [0.05, 0.1) is 16.8 Å². The summed E-state index contributed by atoms with van der Waals surface area (Å²) in [5.41, 5.74) is 2.04. The molecule has 0 aliphatic heterocycles. The van der Waals surface area contributed by atoms with Gasteiger partial charge in [0.2, 0.25) is 0 Å². The SMILES string of the molecule is CCCNC(Cc1cccc(O)c1)c1ccc(Cl)cn1. The molecule has 20 heavy (non-hydrogen) atoms. The molecule has 2 N–H and O–H groups in total.